The SMILES string of the molecule is Cn1ccc(C2CCN(CCCOc3ccc(C(N)=O)cc3)CC2)cc1=O. The van der Waals surface area contributed by atoms with Gasteiger partial charge < -0.3 is 19.9 Å². The number of nitrogens with zero attached hydrogens (tertiary/aromatic N) is 2. The molecule has 0 aliphatic carbocycles. The number of nitrogens with two attached hydrogens (primary N) is 1. The van der Waals surface area contributed by atoms with Gasteiger partial charge in [-0.2, -0.15) is 0 Å². The van der Waals surface area contributed by atoms with E-state index in [9.17, 15) is 9.59 Å². The maximum atomic E-state index is 11.8. The number of piperidine rings is 1. The fraction of sp³-hybridized carbons (Fsp3) is 0.429. The third kappa shape index (κ3) is 5.20. The summed E-state index contributed by atoms with van der Waals surface area (Å²) in [6, 6.07) is 10.8. The number of aryl methyl sites for hydroxylation is 1. The Morgan fingerprint density at radius 1 is 1.19 bits per heavy atom. The van der Waals surface area contributed by atoms with Gasteiger partial charge in [-0.1, -0.05) is 0 Å². The van der Waals surface area contributed by atoms with E-state index in [1.807, 2.05) is 6.20 Å². The van der Waals surface area contributed by atoms with Gasteiger partial charge in [-0.3, -0.25) is 9.59 Å². The van der Waals surface area contributed by atoms with E-state index in [1.165, 1.54) is 5.56 Å². The van der Waals surface area contributed by atoms with Gasteiger partial charge in [0.15, 0.2) is 0 Å². The van der Waals surface area contributed by atoms with Crippen LogP contribution in [0.15, 0.2) is 47.4 Å². The van der Waals surface area contributed by atoms with Gasteiger partial charge >= 0.3 is 0 Å². The minimum Gasteiger partial charge on any atom is -0.494 e. The van der Waals surface area contributed by atoms with Crippen LogP contribution < -0.4 is 16.0 Å². The minimum absolute atomic E-state index is 0.0657. The predicted molar refractivity (Wildman–Crippen MR) is 105 cm³/mol. The fourth-order valence-corrected chi connectivity index (χ4v) is 3.50. The zero-order chi connectivity index (χ0) is 19.2. The standard InChI is InChI=1S/C21H27N3O3/c1-23-11-7-18(15-20(23)25)16-8-12-24(13-9-16)10-2-14-27-19-5-3-17(4-6-19)21(22)26/h3-7,11,15-16H,2,8-10,12-14H2,1H3,(H2,22,26). The highest BCUT2D eigenvalue weighted by Crippen LogP contribution is 2.27. The average Bonchev–Trinajstić information content (AvgIpc) is 2.68. The monoisotopic (exact) mass is 369 g/mol. The third-order valence-electron chi connectivity index (χ3n) is 5.21. The topological polar surface area (TPSA) is 77.6 Å². The number of ether oxygens (including phenoxy) is 1. The highest BCUT2D eigenvalue weighted by molar-refractivity contribution is 5.92. The van der Waals surface area contributed by atoms with Gasteiger partial charge in [0.05, 0.1) is 6.61 Å². The molecule has 6 nitrogen and oxygen atoms in total. The second-order valence-electron chi connectivity index (χ2n) is 7.12. The van der Waals surface area contributed by atoms with Crippen LogP contribution >= 0.6 is 0 Å². The summed E-state index contributed by atoms with van der Waals surface area (Å²) in [5, 5.41) is 0. The van der Waals surface area contributed by atoms with Crippen molar-refractivity contribution in [2.45, 2.75) is 25.2 Å². The van der Waals surface area contributed by atoms with Crippen LogP contribution in [0.1, 0.15) is 41.1 Å². The average molecular weight is 369 g/mol. The van der Waals surface area contributed by atoms with Crippen LogP contribution in [0.3, 0.4) is 0 Å². The summed E-state index contributed by atoms with van der Waals surface area (Å²) in [6.07, 6.45) is 4.98. The molecule has 1 fully saturated rings. The molecule has 0 bridgehead atoms. The number of carbonyl (C=O) groups excluding carboxylic acids is 1. The summed E-state index contributed by atoms with van der Waals surface area (Å²) in [4.78, 5) is 25.3. The molecule has 0 unspecified atom stereocenters. The summed E-state index contributed by atoms with van der Waals surface area (Å²) in [5.74, 6) is 0.806. The fourth-order valence-electron chi connectivity index (χ4n) is 3.50. The third-order valence-corrected chi connectivity index (χ3v) is 5.21. The van der Waals surface area contributed by atoms with Crippen molar-refractivity contribution in [3.63, 3.8) is 0 Å². The van der Waals surface area contributed by atoms with Crippen molar-refractivity contribution >= 4 is 5.91 Å². The molecule has 1 amide bonds. The van der Waals surface area contributed by atoms with Gasteiger partial charge in [0.25, 0.3) is 5.56 Å². The molecule has 2 aromatic rings. The Kier molecular flexibility index (Phi) is 6.29. The van der Waals surface area contributed by atoms with Crippen LogP contribution in [-0.2, 0) is 7.05 Å². The Hall–Kier alpha value is -2.60. The maximum absolute atomic E-state index is 11.8. The highest BCUT2D eigenvalue weighted by atomic mass is 16.5. The number of carbonyl (C=O) groups is 1. The van der Waals surface area contributed by atoms with Gasteiger partial charge in [0.2, 0.25) is 5.91 Å². The molecule has 1 aromatic carbocycles. The molecule has 0 spiro atoms. The van der Waals surface area contributed by atoms with Crippen LogP contribution in [0.4, 0.5) is 0 Å². The van der Waals surface area contributed by atoms with E-state index >= 15 is 0 Å². The summed E-state index contributed by atoms with van der Waals surface area (Å²) < 4.78 is 7.34. The van der Waals surface area contributed by atoms with E-state index in [1.54, 1.807) is 41.9 Å². The molecule has 2 N–H and O–H groups in total. The van der Waals surface area contributed by atoms with Gasteiger partial charge in [-0.25, -0.2) is 0 Å². The molecule has 27 heavy (non-hydrogen) atoms. The smallest absolute Gasteiger partial charge is 0.250 e. The molecular weight excluding hydrogens is 342 g/mol. The molecule has 0 saturated carbocycles. The van der Waals surface area contributed by atoms with Crippen LogP contribution in [-0.4, -0.2) is 41.6 Å². The van der Waals surface area contributed by atoms with Crippen molar-refractivity contribution in [3.05, 3.63) is 64.1 Å². The van der Waals surface area contributed by atoms with E-state index in [0.717, 1.165) is 44.6 Å². The maximum Gasteiger partial charge on any atom is 0.250 e. The zero-order valence-corrected chi connectivity index (χ0v) is 15.8. The first-order valence-electron chi connectivity index (χ1n) is 9.44. The number of benzene rings is 1. The number of aromatic nitrogens is 1. The number of primary amides is 1. The van der Waals surface area contributed by atoms with E-state index in [0.29, 0.717) is 18.1 Å². The van der Waals surface area contributed by atoms with Gasteiger partial charge in [-0.05, 0) is 74.2 Å². The predicted octanol–water partition coefficient (Wildman–Crippen LogP) is 2.13. The minimum atomic E-state index is -0.430. The van der Waals surface area contributed by atoms with Crippen molar-refractivity contribution in [1.29, 1.82) is 0 Å². The largest absolute Gasteiger partial charge is 0.494 e. The van der Waals surface area contributed by atoms with Crippen molar-refractivity contribution in [2.24, 2.45) is 12.8 Å². The molecule has 1 aliphatic heterocycles. The Labute approximate surface area is 159 Å². The molecule has 6 heteroatoms. The second kappa shape index (κ2) is 8.86. The lowest BCUT2D eigenvalue weighted by Crippen LogP contribution is -2.34. The molecule has 0 radical (unpaired) electrons. The van der Waals surface area contributed by atoms with Crippen LogP contribution in [0.5, 0.6) is 5.75 Å². The Morgan fingerprint density at radius 3 is 2.52 bits per heavy atom. The number of hydrogen-bond acceptors (Lipinski definition) is 4. The summed E-state index contributed by atoms with van der Waals surface area (Å²) >= 11 is 0. The molecule has 1 saturated heterocycles. The van der Waals surface area contributed by atoms with Crippen molar-refractivity contribution < 1.29 is 9.53 Å². The second-order valence-corrected chi connectivity index (χ2v) is 7.12. The molecule has 144 valence electrons. The molecule has 1 aromatic heterocycles. The van der Waals surface area contributed by atoms with Crippen molar-refractivity contribution in [3.8, 4) is 5.75 Å². The summed E-state index contributed by atoms with van der Waals surface area (Å²) in [5.41, 5.74) is 6.95. The normalized spacial score (nSPS) is 15.6. The first-order chi connectivity index (χ1) is 13.0. The Balaban J connectivity index is 1.37. The van der Waals surface area contributed by atoms with Gasteiger partial charge in [0.1, 0.15) is 5.75 Å². The van der Waals surface area contributed by atoms with Crippen LogP contribution in [0, 0.1) is 0 Å². The van der Waals surface area contributed by atoms with E-state index in [4.69, 9.17) is 10.5 Å². The number of rotatable bonds is 7. The lowest BCUT2D eigenvalue weighted by atomic mass is 9.90. The molecule has 3 rings (SSSR count). The summed E-state index contributed by atoms with van der Waals surface area (Å²) in [7, 11) is 1.78. The van der Waals surface area contributed by atoms with Gasteiger partial charge in [0, 0.05) is 31.4 Å². The van der Waals surface area contributed by atoms with Crippen molar-refractivity contribution in [1.82, 2.24) is 9.47 Å². The number of pyridine rings is 1. The molecule has 0 atom stereocenters. The van der Waals surface area contributed by atoms with Crippen molar-refractivity contribution in [2.75, 3.05) is 26.2 Å². The van der Waals surface area contributed by atoms with Crippen LogP contribution in [0.2, 0.25) is 0 Å². The van der Waals surface area contributed by atoms with Gasteiger partial charge in [-0.15, -0.1) is 0 Å². The lowest BCUT2D eigenvalue weighted by Gasteiger charge is -2.32. The van der Waals surface area contributed by atoms with Crippen LogP contribution in [0.25, 0.3) is 0 Å². The molecule has 2 heterocycles. The lowest BCUT2D eigenvalue weighted by molar-refractivity contribution is 0.100. The molecule has 1 aliphatic rings. The Morgan fingerprint density at radius 2 is 1.89 bits per heavy atom. The quantitative estimate of drug-likeness (QED) is 0.759. The van der Waals surface area contributed by atoms with E-state index < -0.39 is 5.91 Å². The zero-order valence-electron chi connectivity index (χ0n) is 15.8. The summed E-state index contributed by atoms with van der Waals surface area (Å²) in [6.45, 7) is 3.74. The van der Waals surface area contributed by atoms with E-state index in [-0.39, 0.29) is 5.56 Å². The molecular formula is C21H27N3O3. The number of likely N-dealkylation sites (tertiary alicyclic amines) is 1. The van der Waals surface area contributed by atoms with E-state index in [2.05, 4.69) is 11.0 Å². The Bertz CT molecular complexity index is 821. The first kappa shape index (κ1) is 19.2. The first-order valence-corrected chi connectivity index (χ1v) is 9.44. The number of amides is 1. The highest BCUT2D eigenvalue weighted by Gasteiger charge is 2.20. The number of hydrogen-bond donors (Lipinski definition) is 1.